The summed E-state index contributed by atoms with van der Waals surface area (Å²) >= 11 is 0. The van der Waals surface area contributed by atoms with Gasteiger partial charge in [-0.2, -0.15) is 0 Å². The first-order valence-electron chi connectivity index (χ1n) is 10.5. The fraction of sp³-hybridized carbons (Fsp3) is 0.947. The van der Waals surface area contributed by atoms with Crippen molar-refractivity contribution in [2.45, 2.75) is 63.3 Å². The zero-order valence-electron chi connectivity index (χ0n) is 16.1. The van der Waals surface area contributed by atoms with Crippen molar-refractivity contribution in [2.75, 3.05) is 44.4 Å². The molecule has 0 aromatic rings. The van der Waals surface area contributed by atoms with Crippen LogP contribution in [0, 0.1) is 5.92 Å². The predicted octanol–water partition coefficient (Wildman–Crippen LogP) is 1.03. The molecule has 1 saturated carbocycles. The van der Waals surface area contributed by atoms with Crippen molar-refractivity contribution < 1.29 is 22.7 Å². The molecule has 4 aliphatic rings. The van der Waals surface area contributed by atoms with Crippen LogP contribution in [-0.2, 0) is 24.1 Å². The molecule has 0 N–H and O–H groups in total. The van der Waals surface area contributed by atoms with Crippen molar-refractivity contribution in [3.63, 3.8) is 0 Å². The molecule has 8 heteroatoms. The highest BCUT2D eigenvalue weighted by molar-refractivity contribution is 7.91. The van der Waals surface area contributed by atoms with Gasteiger partial charge in [-0.1, -0.05) is 12.8 Å². The molecular weight excluding hydrogens is 368 g/mol. The molecule has 1 atom stereocenters. The van der Waals surface area contributed by atoms with E-state index in [4.69, 9.17) is 9.47 Å². The van der Waals surface area contributed by atoms with Gasteiger partial charge in [0.2, 0.25) is 5.91 Å². The summed E-state index contributed by atoms with van der Waals surface area (Å²) in [5.74, 6) is 0.912. The van der Waals surface area contributed by atoms with E-state index in [1.165, 1.54) is 0 Å². The Balaban J connectivity index is 1.34. The third-order valence-electron chi connectivity index (χ3n) is 6.63. The number of amides is 1. The summed E-state index contributed by atoms with van der Waals surface area (Å²) in [6, 6.07) is 0.108. The average molecular weight is 401 g/mol. The van der Waals surface area contributed by atoms with Gasteiger partial charge in [0.05, 0.1) is 31.3 Å². The van der Waals surface area contributed by atoms with E-state index in [0.29, 0.717) is 32.1 Å². The highest BCUT2D eigenvalue weighted by Crippen LogP contribution is 2.30. The van der Waals surface area contributed by atoms with Gasteiger partial charge < -0.3 is 14.4 Å². The lowest BCUT2D eigenvalue weighted by Crippen LogP contribution is -2.51. The molecule has 1 amide bonds. The Bertz CT molecular complexity index is 620. The molecule has 0 radical (unpaired) electrons. The molecule has 4 fully saturated rings. The minimum absolute atomic E-state index is 0.0680. The van der Waals surface area contributed by atoms with Crippen molar-refractivity contribution in [1.29, 1.82) is 0 Å². The van der Waals surface area contributed by atoms with Crippen LogP contribution in [0.15, 0.2) is 0 Å². The molecule has 27 heavy (non-hydrogen) atoms. The standard InChI is InChI=1S/C19H32N2O5S/c22-18(13-20-8-5-15(6-9-20)19-25-10-11-26-19)21(16-3-1-2-4-16)17-7-12-27(23,24)14-17/h15-17,19H,1-14H2. The second-order valence-electron chi connectivity index (χ2n) is 8.52. The summed E-state index contributed by atoms with van der Waals surface area (Å²) in [4.78, 5) is 17.4. The lowest BCUT2D eigenvalue weighted by atomic mass is 9.96. The van der Waals surface area contributed by atoms with Gasteiger partial charge in [-0.15, -0.1) is 0 Å². The molecule has 7 nitrogen and oxygen atoms in total. The van der Waals surface area contributed by atoms with Gasteiger partial charge >= 0.3 is 0 Å². The zero-order chi connectivity index (χ0) is 18.9. The largest absolute Gasteiger partial charge is 0.350 e. The van der Waals surface area contributed by atoms with Crippen LogP contribution in [0.4, 0.5) is 0 Å². The third-order valence-corrected chi connectivity index (χ3v) is 8.38. The molecular formula is C19H32N2O5S. The van der Waals surface area contributed by atoms with E-state index in [0.717, 1.165) is 51.6 Å². The smallest absolute Gasteiger partial charge is 0.237 e. The summed E-state index contributed by atoms with van der Waals surface area (Å²) in [5, 5.41) is 0. The number of likely N-dealkylation sites (tertiary alicyclic amines) is 1. The summed E-state index contributed by atoms with van der Waals surface area (Å²) in [6.07, 6.45) is 6.81. The number of sulfone groups is 1. The van der Waals surface area contributed by atoms with Crippen molar-refractivity contribution in [3.05, 3.63) is 0 Å². The molecule has 4 rings (SSSR count). The molecule has 154 valence electrons. The van der Waals surface area contributed by atoms with E-state index in [1.54, 1.807) is 0 Å². The zero-order valence-corrected chi connectivity index (χ0v) is 16.9. The number of hydrogen-bond donors (Lipinski definition) is 0. The number of piperidine rings is 1. The molecule has 3 aliphatic heterocycles. The molecule has 0 bridgehead atoms. The average Bonchev–Trinajstić information content (AvgIpc) is 3.38. The van der Waals surface area contributed by atoms with Crippen LogP contribution in [0.2, 0.25) is 0 Å². The Morgan fingerprint density at radius 1 is 0.963 bits per heavy atom. The summed E-state index contributed by atoms with van der Waals surface area (Å²) in [5.41, 5.74) is 0. The Morgan fingerprint density at radius 2 is 1.63 bits per heavy atom. The number of ether oxygens (including phenoxy) is 2. The van der Waals surface area contributed by atoms with Gasteiger partial charge in [-0.05, 0) is 45.2 Å². The minimum atomic E-state index is -2.99. The highest BCUT2D eigenvalue weighted by atomic mass is 32.2. The monoisotopic (exact) mass is 400 g/mol. The SMILES string of the molecule is O=C(CN1CCC(C2OCCO2)CC1)N(C1CCCC1)C1CCS(=O)(=O)C1. The number of carbonyl (C=O) groups is 1. The fourth-order valence-corrected chi connectivity index (χ4v) is 6.90. The number of carbonyl (C=O) groups excluding carboxylic acids is 1. The fourth-order valence-electron chi connectivity index (χ4n) is 5.19. The first kappa shape index (κ1) is 19.6. The van der Waals surface area contributed by atoms with Crippen LogP contribution >= 0.6 is 0 Å². The Hall–Kier alpha value is -0.700. The van der Waals surface area contributed by atoms with E-state index in [-0.39, 0.29) is 35.8 Å². The van der Waals surface area contributed by atoms with Crippen LogP contribution in [0.5, 0.6) is 0 Å². The first-order valence-corrected chi connectivity index (χ1v) is 12.3. The highest BCUT2D eigenvalue weighted by Gasteiger charge is 2.39. The van der Waals surface area contributed by atoms with E-state index in [1.807, 2.05) is 4.90 Å². The predicted molar refractivity (Wildman–Crippen MR) is 101 cm³/mol. The second kappa shape index (κ2) is 8.35. The molecule has 1 unspecified atom stereocenters. The molecule has 0 spiro atoms. The molecule has 3 heterocycles. The van der Waals surface area contributed by atoms with Crippen LogP contribution in [0.1, 0.15) is 44.9 Å². The van der Waals surface area contributed by atoms with Crippen LogP contribution in [0.3, 0.4) is 0 Å². The van der Waals surface area contributed by atoms with Crippen LogP contribution in [0.25, 0.3) is 0 Å². The van der Waals surface area contributed by atoms with Gasteiger partial charge in [0.1, 0.15) is 0 Å². The summed E-state index contributed by atoms with van der Waals surface area (Å²) in [7, 11) is -2.99. The maximum Gasteiger partial charge on any atom is 0.237 e. The number of nitrogens with zero attached hydrogens (tertiary/aromatic N) is 2. The maximum absolute atomic E-state index is 13.2. The van der Waals surface area contributed by atoms with Gasteiger partial charge in [0.25, 0.3) is 0 Å². The van der Waals surface area contributed by atoms with Gasteiger partial charge in [-0.3, -0.25) is 9.69 Å². The van der Waals surface area contributed by atoms with Gasteiger partial charge in [0.15, 0.2) is 16.1 Å². The quantitative estimate of drug-likeness (QED) is 0.686. The lowest BCUT2D eigenvalue weighted by molar-refractivity contribution is -0.138. The third kappa shape index (κ3) is 4.66. The topological polar surface area (TPSA) is 76.2 Å². The lowest BCUT2D eigenvalue weighted by Gasteiger charge is -2.38. The minimum Gasteiger partial charge on any atom is -0.350 e. The number of hydrogen-bond acceptors (Lipinski definition) is 6. The Kier molecular flexibility index (Phi) is 6.06. The number of rotatable bonds is 5. The van der Waals surface area contributed by atoms with Gasteiger partial charge in [-0.25, -0.2) is 8.42 Å². The van der Waals surface area contributed by atoms with Crippen molar-refractivity contribution in [1.82, 2.24) is 9.80 Å². The molecule has 1 aliphatic carbocycles. The van der Waals surface area contributed by atoms with E-state index < -0.39 is 9.84 Å². The van der Waals surface area contributed by atoms with Crippen LogP contribution < -0.4 is 0 Å². The first-order chi connectivity index (χ1) is 13.0. The van der Waals surface area contributed by atoms with Crippen LogP contribution in [-0.4, -0.2) is 86.9 Å². The second-order valence-corrected chi connectivity index (χ2v) is 10.7. The van der Waals surface area contributed by atoms with Gasteiger partial charge in [0, 0.05) is 18.0 Å². The van der Waals surface area contributed by atoms with Crippen molar-refractivity contribution >= 4 is 15.7 Å². The van der Waals surface area contributed by atoms with Crippen molar-refractivity contribution in [3.8, 4) is 0 Å². The maximum atomic E-state index is 13.2. The molecule has 0 aromatic carbocycles. The Morgan fingerprint density at radius 3 is 2.22 bits per heavy atom. The molecule has 0 aromatic heterocycles. The van der Waals surface area contributed by atoms with E-state index >= 15 is 0 Å². The summed E-state index contributed by atoms with van der Waals surface area (Å²) in [6.45, 7) is 3.53. The van der Waals surface area contributed by atoms with E-state index in [2.05, 4.69) is 4.90 Å². The Labute approximate surface area is 162 Å². The van der Waals surface area contributed by atoms with Crippen molar-refractivity contribution in [2.24, 2.45) is 5.92 Å². The summed E-state index contributed by atoms with van der Waals surface area (Å²) < 4.78 is 35.2. The van der Waals surface area contributed by atoms with E-state index in [9.17, 15) is 13.2 Å². The normalized spacial score (nSPS) is 30.9. The molecule has 3 saturated heterocycles.